The van der Waals surface area contributed by atoms with Crippen LogP contribution in [0.1, 0.15) is 112 Å². The minimum absolute atomic E-state index is 0.00830. The molecular formula is C27H48O. The first-order chi connectivity index (χ1) is 13.3. The van der Waals surface area contributed by atoms with E-state index in [4.69, 9.17) is 0 Å². The Labute approximate surface area is 175 Å². The molecule has 28 heavy (non-hydrogen) atoms. The summed E-state index contributed by atoms with van der Waals surface area (Å²) in [6.45, 7) is 12.7. The average Bonchev–Trinajstić information content (AvgIpc) is 2.99. The van der Waals surface area contributed by atoms with Gasteiger partial charge in [-0.2, -0.15) is 0 Å². The van der Waals surface area contributed by atoms with Crippen LogP contribution in [0.5, 0.6) is 0 Å². The van der Waals surface area contributed by atoms with Crippen molar-refractivity contribution in [3.63, 3.8) is 0 Å². The minimum Gasteiger partial charge on any atom is -0.393 e. The fraction of sp³-hybridized carbons (Fsp3) is 1.00. The Bertz CT molecular complexity index is 540. The monoisotopic (exact) mass is 388 g/mol. The molecule has 9 atom stereocenters. The second kappa shape index (κ2) is 7.90. The lowest BCUT2D eigenvalue weighted by Crippen LogP contribution is -2.54. The predicted molar refractivity (Wildman–Crippen MR) is 119 cm³/mol. The van der Waals surface area contributed by atoms with Crippen LogP contribution in [-0.2, 0) is 0 Å². The highest BCUT2D eigenvalue weighted by Crippen LogP contribution is 2.68. The summed E-state index contributed by atoms with van der Waals surface area (Å²) in [5.41, 5.74) is 1.15. The third kappa shape index (κ3) is 3.50. The van der Waals surface area contributed by atoms with Crippen molar-refractivity contribution in [3.05, 3.63) is 0 Å². The Morgan fingerprint density at radius 1 is 0.821 bits per heavy atom. The summed E-state index contributed by atoms with van der Waals surface area (Å²) in [6, 6.07) is 0. The summed E-state index contributed by atoms with van der Waals surface area (Å²) in [5, 5.41) is 10.3. The number of aliphatic hydroxyl groups excluding tert-OH is 1. The molecule has 0 radical (unpaired) electrons. The highest BCUT2D eigenvalue weighted by molar-refractivity contribution is 5.09. The molecule has 0 heterocycles. The van der Waals surface area contributed by atoms with Crippen LogP contribution in [0, 0.1) is 52.3 Å². The van der Waals surface area contributed by atoms with E-state index < -0.39 is 0 Å². The third-order valence-corrected chi connectivity index (χ3v) is 10.8. The molecule has 1 N–H and O–H groups in total. The van der Waals surface area contributed by atoms with E-state index >= 15 is 0 Å². The summed E-state index contributed by atoms with van der Waals surface area (Å²) < 4.78 is 0. The maximum absolute atomic E-state index is 10.3. The number of aliphatic hydroxyl groups is 1. The van der Waals surface area contributed by atoms with Crippen molar-refractivity contribution in [2.24, 2.45) is 52.3 Å². The van der Waals surface area contributed by atoms with Gasteiger partial charge < -0.3 is 5.11 Å². The van der Waals surface area contributed by atoms with Crippen LogP contribution >= 0.6 is 0 Å². The van der Waals surface area contributed by atoms with E-state index in [9.17, 15) is 5.11 Å². The Hall–Kier alpha value is -0.0400. The largest absolute Gasteiger partial charge is 0.393 e. The second-order valence-corrected chi connectivity index (χ2v) is 12.6. The highest BCUT2D eigenvalue weighted by atomic mass is 16.3. The van der Waals surface area contributed by atoms with Crippen molar-refractivity contribution in [2.75, 3.05) is 0 Å². The van der Waals surface area contributed by atoms with E-state index in [2.05, 4.69) is 34.6 Å². The third-order valence-electron chi connectivity index (χ3n) is 10.8. The fourth-order valence-electron chi connectivity index (χ4n) is 9.26. The summed E-state index contributed by atoms with van der Waals surface area (Å²) >= 11 is 0. The van der Waals surface area contributed by atoms with Crippen LogP contribution in [0.15, 0.2) is 0 Å². The van der Waals surface area contributed by atoms with Gasteiger partial charge in [0.1, 0.15) is 0 Å². The van der Waals surface area contributed by atoms with E-state index in [1.54, 1.807) is 0 Å². The zero-order valence-electron chi connectivity index (χ0n) is 19.6. The molecule has 1 nitrogen and oxygen atoms in total. The maximum Gasteiger partial charge on any atom is 0.0543 e. The molecule has 162 valence electrons. The van der Waals surface area contributed by atoms with Gasteiger partial charge in [0.15, 0.2) is 0 Å². The van der Waals surface area contributed by atoms with Gasteiger partial charge in [-0.3, -0.25) is 0 Å². The molecule has 2 unspecified atom stereocenters. The molecule has 4 aliphatic carbocycles. The first-order valence-corrected chi connectivity index (χ1v) is 12.9. The SMILES string of the molecule is CC(C)CCC[C@@H](C)[C@H]1CCC2[C@@H]3CCC4C[C@H](O)CC[C@]4(C)[C@H]3CC[C@@]21C. The summed E-state index contributed by atoms with van der Waals surface area (Å²) in [5.74, 6) is 6.49. The van der Waals surface area contributed by atoms with Gasteiger partial charge in [0, 0.05) is 0 Å². The molecule has 1 heteroatoms. The van der Waals surface area contributed by atoms with Gasteiger partial charge in [-0.15, -0.1) is 0 Å². The number of fused-ring (bicyclic) bond motifs is 5. The van der Waals surface area contributed by atoms with Gasteiger partial charge in [0.2, 0.25) is 0 Å². The Morgan fingerprint density at radius 3 is 2.29 bits per heavy atom. The van der Waals surface area contributed by atoms with Crippen LogP contribution in [0.25, 0.3) is 0 Å². The summed E-state index contributed by atoms with van der Waals surface area (Å²) in [6.07, 6.45) is 16.6. The Kier molecular flexibility index (Phi) is 5.98. The smallest absolute Gasteiger partial charge is 0.0543 e. The molecule has 4 aliphatic rings. The molecule has 0 spiro atoms. The highest BCUT2D eigenvalue weighted by Gasteiger charge is 2.60. The van der Waals surface area contributed by atoms with Crippen molar-refractivity contribution in [2.45, 2.75) is 118 Å². The molecule has 0 aromatic rings. The van der Waals surface area contributed by atoms with Crippen LogP contribution in [0.3, 0.4) is 0 Å². The number of hydrogen-bond acceptors (Lipinski definition) is 1. The fourth-order valence-corrected chi connectivity index (χ4v) is 9.26. The predicted octanol–water partition coefficient (Wildman–Crippen LogP) is 7.47. The second-order valence-electron chi connectivity index (χ2n) is 12.6. The molecule has 4 saturated carbocycles. The molecule has 0 aromatic heterocycles. The van der Waals surface area contributed by atoms with E-state index in [0.29, 0.717) is 10.8 Å². The molecule has 0 amide bonds. The molecule has 0 saturated heterocycles. The number of hydrogen-bond donors (Lipinski definition) is 1. The van der Waals surface area contributed by atoms with E-state index in [-0.39, 0.29) is 6.10 Å². The lowest BCUT2D eigenvalue weighted by molar-refractivity contribution is -0.129. The zero-order chi connectivity index (χ0) is 20.1. The molecule has 0 aliphatic heterocycles. The van der Waals surface area contributed by atoms with Gasteiger partial charge >= 0.3 is 0 Å². The summed E-state index contributed by atoms with van der Waals surface area (Å²) in [7, 11) is 0. The van der Waals surface area contributed by atoms with Crippen molar-refractivity contribution < 1.29 is 5.11 Å². The lowest BCUT2D eigenvalue weighted by Gasteiger charge is -2.61. The van der Waals surface area contributed by atoms with Crippen molar-refractivity contribution >= 4 is 0 Å². The standard InChI is InChI=1S/C27H48O/c1-18(2)7-6-8-19(3)23-11-12-24-22-10-9-20-17-21(28)13-15-26(20,4)25(22)14-16-27(23,24)5/h18-25,28H,6-17H2,1-5H3/t19-,20?,21-,22+,23-,24?,25+,26+,27-/m1/s1. The van der Waals surface area contributed by atoms with E-state index in [1.807, 2.05) is 0 Å². The van der Waals surface area contributed by atoms with E-state index in [1.165, 1.54) is 64.2 Å². The quantitative estimate of drug-likeness (QED) is 0.518. The lowest BCUT2D eigenvalue weighted by atomic mass is 9.44. The average molecular weight is 389 g/mol. The van der Waals surface area contributed by atoms with Crippen molar-refractivity contribution in [1.82, 2.24) is 0 Å². The van der Waals surface area contributed by atoms with Crippen molar-refractivity contribution in [1.29, 1.82) is 0 Å². The van der Waals surface area contributed by atoms with Gasteiger partial charge in [-0.25, -0.2) is 0 Å². The molecular weight excluding hydrogens is 340 g/mol. The Morgan fingerprint density at radius 2 is 1.54 bits per heavy atom. The topological polar surface area (TPSA) is 20.2 Å². The Balaban J connectivity index is 1.46. The van der Waals surface area contributed by atoms with Gasteiger partial charge in [0.05, 0.1) is 6.10 Å². The van der Waals surface area contributed by atoms with Crippen molar-refractivity contribution in [3.8, 4) is 0 Å². The minimum atomic E-state index is -0.00830. The normalized spacial score (nSPS) is 49.4. The molecule has 0 bridgehead atoms. The van der Waals surface area contributed by atoms with Crippen LogP contribution in [0.2, 0.25) is 0 Å². The van der Waals surface area contributed by atoms with Gasteiger partial charge in [0.25, 0.3) is 0 Å². The molecule has 4 rings (SSSR count). The van der Waals surface area contributed by atoms with Crippen LogP contribution < -0.4 is 0 Å². The van der Waals surface area contributed by atoms with E-state index in [0.717, 1.165) is 54.3 Å². The zero-order valence-corrected chi connectivity index (χ0v) is 19.6. The number of rotatable bonds is 5. The first kappa shape index (κ1) is 21.2. The summed E-state index contributed by atoms with van der Waals surface area (Å²) in [4.78, 5) is 0. The first-order valence-electron chi connectivity index (χ1n) is 12.9. The molecule has 4 fully saturated rings. The van der Waals surface area contributed by atoms with Gasteiger partial charge in [-0.05, 0) is 110 Å². The van der Waals surface area contributed by atoms with Gasteiger partial charge in [-0.1, -0.05) is 53.9 Å². The van der Waals surface area contributed by atoms with Crippen LogP contribution in [0.4, 0.5) is 0 Å². The maximum atomic E-state index is 10.3. The van der Waals surface area contributed by atoms with Crippen LogP contribution in [-0.4, -0.2) is 11.2 Å². The molecule has 0 aromatic carbocycles.